The van der Waals surface area contributed by atoms with E-state index in [0.29, 0.717) is 11.1 Å². The molecule has 1 heterocycles. The molecule has 0 aliphatic heterocycles. The van der Waals surface area contributed by atoms with E-state index < -0.39 is 5.97 Å². The van der Waals surface area contributed by atoms with Crippen LogP contribution in [0.15, 0.2) is 5.16 Å². The van der Waals surface area contributed by atoms with Crippen LogP contribution in [-0.4, -0.2) is 32.0 Å². The molecule has 6 heteroatoms. The SMILES string of the molecule is O=C(O)CSc1n[nH]c(C2CC3CCC2C3)n1. The van der Waals surface area contributed by atoms with Gasteiger partial charge in [-0.3, -0.25) is 9.89 Å². The second-order valence-corrected chi connectivity index (χ2v) is 5.91. The van der Waals surface area contributed by atoms with Gasteiger partial charge in [0.15, 0.2) is 0 Å². The number of hydrogen-bond acceptors (Lipinski definition) is 4. The number of thioether (sulfide) groups is 1. The molecule has 2 aliphatic carbocycles. The summed E-state index contributed by atoms with van der Waals surface area (Å²) in [6.45, 7) is 0. The number of aromatic nitrogens is 3. The number of aromatic amines is 1. The Bertz CT molecular complexity index is 434. The lowest BCUT2D eigenvalue weighted by atomic mass is 9.88. The van der Waals surface area contributed by atoms with Crippen molar-refractivity contribution in [3.63, 3.8) is 0 Å². The molecule has 0 radical (unpaired) electrons. The number of fused-ring (bicyclic) bond motifs is 2. The largest absolute Gasteiger partial charge is 0.481 e. The van der Waals surface area contributed by atoms with Crippen LogP contribution in [0.5, 0.6) is 0 Å². The minimum atomic E-state index is -0.832. The fraction of sp³-hybridized carbons (Fsp3) is 0.727. The number of hydrogen-bond donors (Lipinski definition) is 2. The molecule has 5 nitrogen and oxygen atoms in total. The molecule has 0 aromatic carbocycles. The molecule has 17 heavy (non-hydrogen) atoms. The maximum absolute atomic E-state index is 10.5. The molecule has 0 saturated heterocycles. The molecule has 0 spiro atoms. The highest BCUT2D eigenvalue weighted by Gasteiger charge is 2.41. The number of nitrogens with one attached hydrogen (secondary N) is 1. The van der Waals surface area contributed by atoms with E-state index in [1.165, 1.54) is 37.4 Å². The van der Waals surface area contributed by atoms with Gasteiger partial charge in [0.2, 0.25) is 5.16 Å². The van der Waals surface area contributed by atoms with Crippen LogP contribution in [0.4, 0.5) is 0 Å². The number of carboxylic acid groups (broad SMARTS) is 1. The first-order valence-electron chi connectivity index (χ1n) is 5.99. The molecule has 2 N–H and O–H groups in total. The molecule has 2 saturated carbocycles. The molecule has 0 amide bonds. The van der Waals surface area contributed by atoms with Gasteiger partial charge in [-0.25, -0.2) is 4.98 Å². The summed E-state index contributed by atoms with van der Waals surface area (Å²) >= 11 is 1.18. The van der Waals surface area contributed by atoms with Crippen LogP contribution >= 0.6 is 11.8 Å². The Morgan fingerprint density at radius 1 is 1.47 bits per heavy atom. The highest BCUT2D eigenvalue weighted by atomic mass is 32.2. The van der Waals surface area contributed by atoms with Crippen molar-refractivity contribution in [2.24, 2.45) is 11.8 Å². The van der Waals surface area contributed by atoms with Crippen LogP contribution in [0.3, 0.4) is 0 Å². The molecule has 2 bridgehead atoms. The van der Waals surface area contributed by atoms with Gasteiger partial charge in [0, 0.05) is 5.92 Å². The summed E-state index contributed by atoms with van der Waals surface area (Å²) in [6, 6.07) is 0. The second kappa shape index (κ2) is 4.33. The summed E-state index contributed by atoms with van der Waals surface area (Å²) in [5, 5.41) is 16.2. The maximum Gasteiger partial charge on any atom is 0.313 e. The Morgan fingerprint density at radius 2 is 2.35 bits per heavy atom. The Kier molecular flexibility index (Phi) is 2.82. The van der Waals surface area contributed by atoms with Crippen LogP contribution in [0.2, 0.25) is 0 Å². The van der Waals surface area contributed by atoms with Crippen molar-refractivity contribution in [3.8, 4) is 0 Å². The van der Waals surface area contributed by atoms with E-state index >= 15 is 0 Å². The van der Waals surface area contributed by atoms with Gasteiger partial charge >= 0.3 is 5.97 Å². The summed E-state index contributed by atoms with van der Waals surface area (Å²) in [7, 11) is 0. The van der Waals surface area contributed by atoms with Gasteiger partial charge in [0.1, 0.15) is 5.82 Å². The first-order chi connectivity index (χ1) is 8.22. The summed E-state index contributed by atoms with van der Waals surface area (Å²) in [4.78, 5) is 14.9. The topological polar surface area (TPSA) is 78.9 Å². The zero-order valence-corrected chi connectivity index (χ0v) is 10.2. The predicted molar refractivity (Wildman–Crippen MR) is 62.9 cm³/mol. The van der Waals surface area contributed by atoms with E-state index in [-0.39, 0.29) is 5.75 Å². The fourth-order valence-corrected chi connectivity index (χ4v) is 3.72. The monoisotopic (exact) mass is 253 g/mol. The lowest BCUT2D eigenvalue weighted by Gasteiger charge is -2.18. The average Bonchev–Trinajstić information content (AvgIpc) is 3.01. The molecule has 2 aliphatic rings. The van der Waals surface area contributed by atoms with Gasteiger partial charge in [-0.05, 0) is 31.1 Å². The quantitative estimate of drug-likeness (QED) is 0.801. The summed E-state index contributed by atoms with van der Waals surface area (Å²) < 4.78 is 0. The van der Waals surface area contributed by atoms with Gasteiger partial charge in [-0.2, -0.15) is 0 Å². The van der Waals surface area contributed by atoms with Crippen molar-refractivity contribution in [1.29, 1.82) is 0 Å². The fourth-order valence-electron chi connectivity index (χ4n) is 3.19. The van der Waals surface area contributed by atoms with E-state index in [1.54, 1.807) is 0 Å². The van der Waals surface area contributed by atoms with Gasteiger partial charge < -0.3 is 5.11 Å². The number of rotatable bonds is 4. The molecule has 3 unspecified atom stereocenters. The smallest absolute Gasteiger partial charge is 0.313 e. The van der Waals surface area contributed by atoms with Crippen molar-refractivity contribution in [2.75, 3.05) is 5.75 Å². The van der Waals surface area contributed by atoms with E-state index in [2.05, 4.69) is 15.2 Å². The molecular formula is C11H15N3O2S. The van der Waals surface area contributed by atoms with Crippen LogP contribution in [-0.2, 0) is 4.79 Å². The Hall–Kier alpha value is -1.04. The normalized spacial score (nSPS) is 30.9. The highest BCUT2D eigenvalue weighted by molar-refractivity contribution is 7.99. The molecule has 1 aromatic heterocycles. The summed E-state index contributed by atoms with van der Waals surface area (Å²) in [5.74, 6) is 2.33. The van der Waals surface area contributed by atoms with Crippen molar-refractivity contribution < 1.29 is 9.90 Å². The van der Waals surface area contributed by atoms with Crippen molar-refractivity contribution >= 4 is 17.7 Å². The van der Waals surface area contributed by atoms with E-state index in [4.69, 9.17) is 5.11 Å². The third kappa shape index (κ3) is 2.18. The Morgan fingerprint density at radius 3 is 3.00 bits per heavy atom. The lowest BCUT2D eigenvalue weighted by molar-refractivity contribution is -0.133. The van der Waals surface area contributed by atoms with Gasteiger partial charge in [0.25, 0.3) is 0 Å². The summed E-state index contributed by atoms with van der Waals surface area (Å²) in [5.41, 5.74) is 0. The predicted octanol–water partition coefficient (Wildman–Crippen LogP) is 1.89. The minimum Gasteiger partial charge on any atom is -0.481 e. The zero-order chi connectivity index (χ0) is 11.8. The van der Waals surface area contributed by atoms with Crippen LogP contribution in [0.25, 0.3) is 0 Å². The molecule has 3 rings (SSSR count). The molecular weight excluding hydrogens is 238 g/mol. The summed E-state index contributed by atoms with van der Waals surface area (Å²) in [6.07, 6.45) is 5.25. The minimum absolute atomic E-state index is 0.0218. The standard InChI is InChI=1S/C11H15N3O2S/c15-9(16)5-17-11-12-10(13-14-11)8-4-6-1-2-7(8)3-6/h6-8H,1-5H2,(H,15,16)(H,12,13,14). The van der Waals surface area contributed by atoms with E-state index in [0.717, 1.165) is 17.7 Å². The average molecular weight is 253 g/mol. The number of H-pyrrole nitrogens is 1. The molecule has 3 atom stereocenters. The first kappa shape index (κ1) is 11.1. The van der Waals surface area contributed by atoms with E-state index in [9.17, 15) is 4.79 Å². The van der Waals surface area contributed by atoms with Crippen molar-refractivity contribution in [1.82, 2.24) is 15.2 Å². The first-order valence-corrected chi connectivity index (χ1v) is 6.98. The van der Waals surface area contributed by atoms with Crippen LogP contribution in [0.1, 0.15) is 37.4 Å². The molecule has 1 aromatic rings. The van der Waals surface area contributed by atoms with Crippen LogP contribution in [0, 0.1) is 11.8 Å². The molecule has 2 fully saturated rings. The Labute approximate surface area is 103 Å². The van der Waals surface area contributed by atoms with Crippen LogP contribution < -0.4 is 0 Å². The third-order valence-corrected chi connectivity index (χ3v) is 4.73. The lowest BCUT2D eigenvalue weighted by Crippen LogP contribution is -2.10. The highest BCUT2D eigenvalue weighted by Crippen LogP contribution is 2.52. The Balaban J connectivity index is 1.66. The maximum atomic E-state index is 10.5. The van der Waals surface area contributed by atoms with Crippen molar-refractivity contribution in [3.05, 3.63) is 5.82 Å². The number of carbonyl (C=O) groups is 1. The number of nitrogens with zero attached hydrogens (tertiary/aromatic N) is 2. The van der Waals surface area contributed by atoms with Crippen molar-refractivity contribution in [2.45, 2.75) is 36.8 Å². The number of carboxylic acids is 1. The number of aliphatic carboxylic acids is 1. The van der Waals surface area contributed by atoms with E-state index in [1.807, 2.05) is 0 Å². The van der Waals surface area contributed by atoms with Gasteiger partial charge in [0.05, 0.1) is 5.75 Å². The van der Waals surface area contributed by atoms with Gasteiger partial charge in [-0.1, -0.05) is 18.2 Å². The third-order valence-electron chi connectivity index (χ3n) is 3.90. The second-order valence-electron chi connectivity index (χ2n) is 4.97. The molecule has 92 valence electrons. The zero-order valence-electron chi connectivity index (χ0n) is 9.43. The van der Waals surface area contributed by atoms with Gasteiger partial charge in [-0.15, -0.1) is 5.10 Å².